The molecular formula is C25H52N2O5P+. The summed E-state index contributed by atoms with van der Waals surface area (Å²) in [6.07, 6.45) is 19.4. The monoisotopic (exact) mass is 491 g/mol. The molecule has 1 amide bonds. The summed E-state index contributed by atoms with van der Waals surface area (Å²) >= 11 is 0. The van der Waals surface area contributed by atoms with Gasteiger partial charge in [0.15, 0.2) is 0 Å². The number of rotatable bonds is 22. The summed E-state index contributed by atoms with van der Waals surface area (Å²) in [5.74, 6) is -0.0253. The lowest BCUT2D eigenvalue weighted by Gasteiger charge is -2.42. The number of phosphoric acid groups is 1. The van der Waals surface area contributed by atoms with Gasteiger partial charge in [0, 0.05) is 0 Å². The number of nitrogens with one attached hydrogen (secondary N) is 1. The molecule has 1 fully saturated rings. The van der Waals surface area contributed by atoms with E-state index in [1.54, 1.807) is 0 Å². The molecule has 0 radical (unpaired) electrons. The normalized spacial score (nSPS) is 20.3. The molecule has 2 atom stereocenters. The van der Waals surface area contributed by atoms with Gasteiger partial charge in [0.1, 0.15) is 13.2 Å². The molecule has 2 unspecified atom stereocenters. The van der Waals surface area contributed by atoms with Crippen LogP contribution in [-0.2, 0) is 18.4 Å². The van der Waals surface area contributed by atoms with E-state index in [0.29, 0.717) is 17.4 Å². The minimum Gasteiger partial charge on any atom is -0.348 e. The zero-order valence-corrected chi connectivity index (χ0v) is 22.8. The Morgan fingerprint density at radius 3 is 1.76 bits per heavy atom. The number of hydrogen-bond donors (Lipinski definition) is 2. The van der Waals surface area contributed by atoms with Gasteiger partial charge in [0.05, 0.1) is 39.7 Å². The van der Waals surface area contributed by atoms with Gasteiger partial charge in [-0.3, -0.25) is 13.8 Å². The zero-order valence-electron chi connectivity index (χ0n) is 21.9. The average Bonchev–Trinajstić information content (AvgIpc) is 2.70. The second-order valence-corrected chi connectivity index (χ2v) is 12.4. The largest absolute Gasteiger partial charge is 0.472 e. The van der Waals surface area contributed by atoms with Crippen molar-refractivity contribution in [1.82, 2.24) is 5.32 Å². The first-order valence-corrected chi connectivity index (χ1v) is 14.8. The molecule has 0 aromatic rings. The van der Waals surface area contributed by atoms with Crippen LogP contribution in [0.4, 0.5) is 0 Å². The second-order valence-electron chi connectivity index (χ2n) is 10.9. The van der Waals surface area contributed by atoms with Gasteiger partial charge < -0.3 is 14.7 Å². The Morgan fingerprint density at radius 2 is 1.33 bits per heavy atom. The van der Waals surface area contributed by atoms with Crippen molar-refractivity contribution >= 4 is 13.7 Å². The minimum atomic E-state index is -4.11. The molecule has 0 aliphatic carbocycles. The van der Waals surface area contributed by atoms with Crippen LogP contribution in [0.25, 0.3) is 0 Å². The highest BCUT2D eigenvalue weighted by atomic mass is 31.2. The summed E-state index contributed by atoms with van der Waals surface area (Å²) < 4.78 is 23.1. The predicted molar refractivity (Wildman–Crippen MR) is 135 cm³/mol. The van der Waals surface area contributed by atoms with E-state index in [1.165, 1.54) is 77.0 Å². The SMILES string of the molecule is CCCCCCCCCCCCCCCCC1(COP(=O)(O)OCC[N+](C)(C)C)CC(=O)N1. The first kappa shape index (κ1) is 30.6. The summed E-state index contributed by atoms with van der Waals surface area (Å²) in [5, 5.41) is 2.90. The van der Waals surface area contributed by atoms with E-state index in [9.17, 15) is 14.3 Å². The van der Waals surface area contributed by atoms with Crippen LogP contribution in [0, 0.1) is 0 Å². The molecule has 1 saturated heterocycles. The molecule has 0 aromatic heterocycles. The Bertz CT molecular complexity index is 572. The molecule has 0 saturated carbocycles. The highest BCUT2D eigenvalue weighted by Gasteiger charge is 2.44. The summed E-state index contributed by atoms with van der Waals surface area (Å²) in [6, 6.07) is 0. The van der Waals surface area contributed by atoms with Gasteiger partial charge in [-0.1, -0.05) is 96.8 Å². The third-order valence-corrected chi connectivity index (χ3v) is 7.40. The van der Waals surface area contributed by atoms with Crippen LogP contribution in [0.5, 0.6) is 0 Å². The maximum absolute atomic E-state index is 12.2. The third-order valence-electron chi connectivity index (χ3n) is 6.43. The molecule has 0 bridgehead atoms. The lowest BCUT2D eigenvalue weighted by atomic mass is 9.83. The van der Waals surface area contributed by atoms with E-state index in [2.05, 4.69) is 12.2 Å². The summed E-state index contributed by atoms with van der Waals surface area (Å²) in [4.78, 5) is 21.5. The van der Waals surface area contributed by atoms with Gasteiger partial charge in [0.25, 0.3) is 0 Å². The lowest BCUT2D eigenvalue weighted by molar-refractivity contribution is -0.870. The maximum atomic E-state index is 12.2. The van der Waals surface area contributed by atoms with E-state index in [1.807, 2.05) is 21.1 Å². The number of carbonyl (C=O) groups excluding carboxylic acids is 1. The van der Waals surface area contributed by atoms with Gasteiger partial charge in [0.2, 0.25) is 5.91 Å². The average molecular weight is 492 g/mol. The van der Waals surface area contributed by atoms with E-state index >= 15 is 0 Å². The molecular weight excluding hydrogens is 439 g/mol. The molecule has 1 heterocycles. The topological polar surface area (TPSA) is 84.9 Å². The van der Waals surface area contributed by atoms with Crippen molar-refractivity contribution in [3.63, 3.8) is 0 Å². The van der Waals surface area contributed by atoms with Crippen LogP contribution < -0.4 is 5.32 Å². The van der Waals surface area contributed by atoms with Crippen LogP contribution >= 0.6 is 7.82 Å². The van der Waals surface area contributed by atoms with Crippen molar-refractivity contribution in [3.8, 4) is 0 Å². The maximum Gasteiger partial charge on any atom is 0.472 e. The highest BCUT2D eigenvalue weighted by molar-refractivity contribution is 7.47. The highest BCUT2D eigenvalue weighted by Crippen LogP contribution is 2.45. The summed E-state index contributed by atoms with van der Waals surface area (Å²) in [5.41, 5.74) is -0.518. The first-order valence-electron chi connectivity index (χ1n) is 13.3. The minimum absolute atomic E-state index is 0.0232. The Hall–Kier alpha value is -0.460. The van der Waals surface area contributed by atoms with Crippen LogP contribution in [0.3, 0.4) is 0 Å². The number of hydrogen-bond acceptors (Lipinski definition) is 4. The number of carbonyl (C=O) groups is 1. The molecule has 8 heteroatoms. The first-order chi connectivity index (χ1) is 15.6. The van der Waals surface area contributed by atoms with Crippen LogP contribution in [0.15, 0.2) is 0 Å². The van der Waals surface area contributed by atoms with Gasteiger partial charge >= 0.3 is 7.82 Å². The van der Waals surface area contributed by atoms with E-state index < -0.39 is 13.4 Å². The number of phosphoric ester groups is 1. The van der Waals surface area contributed by atoms with Crippen LogP contribution in [0.1, 0.15) is 110 Å². The molecule has 1 rings (SSSR count). The summed E-state index contributed by atoms with van der Waals surface area (Å²) in [7, 11) is 1.86. The van der Waals surface area contributed by atoms with Crippen LogP contribution in [0.2, 0.25) is 0 Å². The molecule has 2 N–H and O–H groups in total. The molecule has 0 spiro atoms. The Balaban J connectivity index is 2.08. The standard InChI is InChI=1S/C25H51N2O5P/c1-5-6-7-8-9-10-11-12-13-14-15-16-17-18-19-25(22-24(28)26-25)23-32-33(29,30)31-21-20-27(2,3)4/h5-23H2,1-4H3,(H-,26,28,29,30)/p+1. The fourth-order valence-electron chi connectivity index (χ4n) is 4.23. The second kappa shape index (κ2) is 16.3. The fourth-order valence-corrected chi connectivity index (χ4v) is 5.02. The van der Waals surface area contributed by atoms with Gasteiger partial charge in [-0.05, 0) is 6.42 Å². The molecule has 1 aliphatic rings. The van der Waals surface area contributed by atoms with Crippen molar-refractivity contribution < 1.29 is 27.8 Å². The van der Waals surface area contributed by atoms with Gasteiger partial charge in [-0.25, -0.2) is 4.57 Å². The smallest absolute Gasteiger partial charge is 0.348 e. The van der Waals surface area contributed by atoms with E-state index in [4.69, 9.17) is 9.05 Å². The van der Waals surface area contributed by atoms with Crippen molar-refractivity contribution in [2.45, 2.75) is 115 Å². The number of β-lactam (4-membered cyclic amide) rings is 1. The van der Waals surface area contributed by atoms with Crippen molar-refractivity contribution in [1.29, 1.82) is 0 Å². The zero-order chi connectivity index (χ0) is 24.6. The lowest BCUT2D eigenvalue weighted by Crippen LogP contribution is -2.63. The van der Waals surface area contributed by atoms with Crippen molar-refractivity contribution in [2.75, 3.05) is 40.9 Å². The Kier molecular flexibility index (Phi) is 15.1. The van der Waals surface area contributed by atoms with Crippen LogP contribution in [-0.4, -0.2) is 61.7 Å². The van der Waals surface area contributed by atoms with Crippen molar-refractivity contribution in [3.05, 3.63) is 0 Å². The fraction of sp³-hybridized carbons (Fsp3) is 0.960. The van der Waals surface area contributed by atoms with Gasteiger partial charge in [-0.15, -0.1) is 0 Å². The third kappa shape index (κ3) is 15.9. The van der Waals surface area contributed by atoms with Gasteiger partial charge in [-0.2, -0.15) is 0 Å². The predicted octanol–water partition coefficient (Wildman–Crippen LogP) is 5.96. The molecule has 196 valence electrons. The quantitative estimate of drug-likeness (QED) is 0.0845. The molecule has 1 aliphatic heterocycles. The number of amides is 1. The Labute approximate surface area is 203 Å². The van der Waals surface area contributed by atoms with E-state index in [0.717, 1.165) is 19.3 Å². The molecule has 33 heavy (non-hydrogen) atoms. The molecule has 0 aromatic carbocycles. The number of quaternary nitrogens is 1. The van der Waals surface area contributed by atoms with Crippen molar-refractivity contribution in [2.24, 2.45) is 0 Å². The Morgan fingerprint density at radius 1 is 0.879 bits per heavy atom. The number of likely N-dealkylation sites (N-methyl/N-ethyl adjacent to an activating group) is 1. The molecule has 7 nitrogen and oxygen atoms in total. The number of nitrogens with zero attached hydrogens (tertiary/aromatic N) is 1. The summed E-state index contributed by atoms with van der Waals surface area (Å²) in [6.45, 7) is 3.04. The number of unbranched alkanes of at least 4 members (excludes halogenated alkanes) is 13. The van der Waals surface area contributed by atoms with E-state index in [-0.39, 0.29) is 19.1 Å².